The molecular formula is C28H40N8O5S2. The highest BCUT2D eigenvalue weighted by Gasteiger charge is 2.23. The van der Waals surface area contributed by atoms with Crippen molar-refractivity contribution in [3.63, 3.8) is 0 Å². The van der Waals surface area contributed by atoms with Crippen molar-refractivity contribution in [1.29, 1.82) is 0 Å². The van der Waals surface area contributed by atoms with E-state index in [1.54, 1.807) is 40.8 Å². The van der Waals surface area contributed by atoms with Gasteiger partial charge in [-0.3, -0.25) is 14.4 Å². The Hall–Kier alpha value is -3.53. The van der Waals surface area contributed by atoms with Crippen molar-refractivity contribution in [3.8, 4) is 0 Å². The van der Waals surface area contributed by atoms with E-state index in [1.165, 1.54) is 37.6 Å². The van der Waals surface area contributed by atoms with E-state index >= 15 is 0 Å². The number of aliphatic hydroxyl groups excluding tert-OH is 2. The van der Waals surface area contributed by atoms with Crippen molar-refractivity contribution in [2.45, 2.75) is 67.0 Å². The lowest BCUT2D eigenvalue weighted by Gasteiger charge is -2.26. The summed E-state index contributed by atoms with van der Waals surface area (Å²) in [4.78, 5) is 58.2. The number of hydrogen-bond donors (Lipinski definition) is 4. The zero-order valence-corrected chi connectivity index (χ0v) is 26.7. The number of allylic oxidation sites excluding steroid dienone is 2. The predicted molar refractivity (Wildman–Crippen MR) is 168 cm³/mol. The van der Waals surface area contributed by atoms with E-state index in [9.17, 15) is 24.6 Å². The van der Waals surface area contributed by atoms with Crippen LogP contribution in [0.2, 0.25) is 0 Å². The van der Waals surface area contributed by atoms with Gasteiger partial charge >= 0.3 is 0 Å². The van der Waals surface area contributed by atoms with Crippen LogP contribution in [0.15, 0.2) is 33.6 Å². The van der Waals surface area contributed by atoms with Gasteiger partial charge in [0.2, 0.25) is 12.8 Å². The second-order valence-electron chi connectivity index (χ2n) is 9.91. The van der Waals surface area contributed by atoms with E-state index in [4.69, 9.17) is 11.5 Å². The third kappa shape index (κ3) is 10.6. The maximum atomic E-state index is 12.9. The van der Waals surface area contributed by atoms with Gasteiger partial charge in [0.1, 0.15) is 29.1 Å². The Morgan fingerprint density at radius 2 is 1.35 bits per heavy atom. The number of amides is 2. The Bertz CT molecular complexity index is 1350. The molecule has 0 saturated heterocycles. The van der Waals surface area contributed by atoms with Crippen LogP contribution in [0.1, 0.15) is 62.8 Å². The highest BCUT2D eigenvalue weighted by molar-refractivity contribution is 8.79. The van der Waals surface area contributed by atoms with Crippen LogP contribution in [0.25, 0.3) is 0 Å². The summed E-state index contributed by atoms with van der Waals surface area (Å²) < 4.78 is 0. The van der Waals surface area contributed by atoms with Crippen molar-refractivity contribution in [3.05, 3.63) is 56.4 Å². The monoisotopic (exact) mass is 632 g/mol. The average Bonchev–Trinajstić information content (AvgIpc) is 2.96. The van der Waals surface area contributed by atoms with Gasteiger partial charge in [0, 0.05) is 83.1 Å². The second kappa shape index (κ2) is 17.6. The molecule has 0 radical (unpaired) electrons. The molecule has 0 aliphatic carbocycles. The maximum Gasteiger partial charge on any atom is 0.214 e. The van der Waals surface area contributed by atoms with Crippen LogP contribution in [0, 0.1) is 19.8 Å². The molecule has 0 atom stereocenters. The molecular weight excluding hydrogens is 592 g/mol. The summed E-state index contributed by atoms with van der Waals surface area (Å²) in [5.41, 5.74) is 14.2. The van der Waals surface area contributed by atoms with Gasteiger partial charge in [-0.05, 0) is 20.8 Å². The predicted octanol–water partition coefficient (Wildman–Crippen LogP) is 2.87. The molecule has 0 saturated carbocycles. The summed E-state index contributed by atoms with van der Waals surface area (Å²) in [6.07, 6.45) is 4.71. The number of ketones is 1. The molecule has 0 aliphatic heterocycles. The first kappa shape index (κ1) is 35.7. The molecule has 0 fully saturated rings. The van der Waals surface area contributed by atoms with E-state index in [1.807, 2.05) is 0 Å². The van der Waals surface area contributed by atoms with Crippen molar-refractivity contribution < 1.29 is 24.6 Å². The number of Topliss-reactive ketones (excluding diaryl/α,β-unsaturated/α-hetero) is 1. The number of aryl methyl sites for hydroxylation is 2. The molecule has 2 amide bonds. The lowest BCUT2D eigenvalue weighted by Crippen LogP contribution is -2.26. The number of nitrogens with zero attached hydrogens (tertiary/aromatic N) is 6. The maximum absolute atomic E-state index is 12.9. The Kier molecular flexibility index (Phi) is 14.6. The van der Waals surface area contributed by atoms with Gasteiger partial charge in [0.15, 0.2) is 0 Å². The van der Waals surface area contributed by atoms with Crippen molar-refractivity contribution in [1.82, 2.24) is 29.7 Å². The van der Waals surface area contributed by atoms with Crippen LogP contribution >= 0.6 is 21.6 Å². The van der Waals surface area contributed by atoms with Crippen molar-refractivity contribution in [2.24, 2.45) is 5.92 Å². The highest BCUT2D eigenvalue weighted by atomic mass is 33.1. The number of hydrogen-bond acceptors (Lipinski definition) is 13. The number of nitrogen functional groups attached to an aromatic ring is 2. The fourth-order valence-electron chi connectivity index (χ4n) is 3.78. The summed E-state index contributed by atoms with van der Waals surface area (Å²) in [5.74, 6) is 1.09. The van der Waals surface area contributed by atoms with E-state index in [0.717, 1.165) is 0 Å². The topological polar surface area (TPSA) is 202 Å². The molecule has 15 heteroatoms. The molecule has 6 N–H and O–H groups in total. The molecule has 0 aromatic carbocycles. The fraction of sp³-hybridized carbons (Fsp3) is 0.464. The van der Waals surface area contributed by atoms with Gasteiger partial charge < -0.3 is 31.5 Å². The molecule has 13 nitrogen and oxygen atoms in total. The summed E-state index contributed by atoms with van der Waals surface area (Å²) in [5, 5.41) is 19.8. The number of carbonyl (C=O) groups is 3. The van der Waals surface area contributed by atoms with Gasteiger partial charge in [-0.15, -0.1) is 0 Å². The van der Waals surface area contributed by atoms with E-state index in [2.05, 4.69) is 19.9 Å². The standard InChI is InChI=1S/C28H40N8O5S2/c1-17(2)24(41)10-23(36(16-40)14-22-12-32-20(5)34-28(22)30)26(7-9-38)43-42-25(6-8-37)18(3)35(15-39)13-21-11-31-19(4)33-27(21)29/h11-12,15-17,37-38H,6-10,13-14H2,1-5H3,(H2,29,31,33)(H2,30,32,34). The van der Waals surface area contributed by atoms with Crippen molar-refractivity contribution in [2.75, 3.05) is 24.7 Å². The Morgan fingerprint density at radius 1 is 0.884 bits per heavy atom. The Labute approximate surface area is 259 Å². The third-order valence-corrected chi connectivity index (χ3v) is 9.26. The van der Waals surface area contributed by atoms with Gasteiger partial charge in [-0.2, -0.15) is 0 Å². The van der Waals surface area contributed by atoms with E-state index in [-0.39, 0.29) is 68.9 Å². The summed E-state index contributed by atoms with van der Waals surface area (Å²) >= 11 is 0. The van der Waals surface area contributed by atoms with Crippen LogP contribution in [-0.4, -0.2) is 71.8 Å². The highest BCUT2D eigenvalue weighted by Crippen LogP contribution is 2.43. The normalized spacial score (nSPS) is 12.5. The van der Waals surface area contributed by atoms with Gasteiger partial charge in [0.05, 0.1) is 13.1 Å². The molecule has 0 unspecified atom stereocenters. The minimum absolute atomic E-state index is 0.0216. The van der Waals surface area contributed by atoms with Crippen LogP contribution in [0.5, 0.6) is 0 Å². The molecule has 0 spiro atoms. The number of rotatable bonds is 18. The molecule has 0 aliphatic rings. The fourth-order valence-corrected chi connectivity index (χ4v) is 6.60. The van der Waals surface area contributed by atoms with E-state index < -0.39 is 0 Å². The zero-order chi connectivity index (χ0) is 32.1. The average molecular weight is 633 g/mol. The molecule has 43 heavy (non-hydrogen) atoms. The largest absolute Gasteiger partial charge is 0.396 e. The Morgan fingerprint density at radius 3 is 1.79 bits per heavy atom. The zero-order valence-electron chi connectivity index (χ0n) is 25.1. The summed E-state index contributed by atoms with van der Waals surface area (Å²) in [6.45, 7) is 8.42. The lowest BCUT2D eigenvalue weighted by atomic mass is 10.0. The van der Waals surface area contributed by atoms with Crippen LogP contribution < -0.4 is 11.5 Å². The first-order chi connectivity index (χ1) is 20.4. The molecule has 2 heterocycles. The molecule has 2 aromatic heterocycles. The molecule has 2 rings (SSSR count). The van der Waals surface area contributed by atoms with Crippen LogP contribution in [0.3, 0.4) is 0 Å². The molecule has 2 aromatic rings. The molecule has 234 valence electrons. The molecule has 0 bridgehead atoms. The second-order valence-corrected chi connectivity index (χ2v) is 12.2. The van der Waals surface area contributed by atoms with E-state index in [0.29, 0.717) is 56.8 Å². The number of aromatic nitrogens is 4. The first-order valence-electron chi connectivity index (χ1n) is 13.6. The quantitative estimate of drug-likeness (QED) is 0.138. The third-order valence-electron chi connectivity index (χ3n) is 6.38. The smallest absolute Gasteiger partial charge is 0.214 e. The van der Waals surface area contributed by atoms with Gasteiger partial charge in [-0.25, -0.2) is 19.9 Å². The number of nitrogens with two attached hydrogens (primary N) is 2. The van der Waals surface area contributed by atoms with Gasteiger partial charge in [0.25, 0.3) is 0 Å². The summed E-state index contributed by atoms with van der Waals surface area (Å²) in [6, 6.07) is 0. The summed E-state index contributed by atoms with van der Waals surface area (Å²) in [7, 11) is 2.51. The number of carbonyl (C=O) groups excluding carboxylic acids is 3. The number of anilines is 2. The SMILES string of the molecule is CC(=C(CCO)SSC(CCO)=C(CC(=O)C(C)C)N(C=O)Cc1cnc(C)nc1N)N(C=O)Cc1cnc(C)nc1N. The van der Waals surface area contributed by atoms with Crippen LogP contribution in [0.4, 0.5) is 11.6 Å². The van der Waals surface area contributed by atoms with Crippen molar-refractivity contribution >= 4 is 51.8 Å². The van der Waals surface area contributed by atoms with Crippen LogP contribution in [-0.2, 0) is 27.5 Å². The Balaban J connectivity index is 2.51. The first-order valence-corrected chi connectivity index (χ1v) is 15.7. The minimum Gasteiger partial charge on any atom is -0.396 e. The number of aliphatic hydroxyl groups is 2. The minimum atomic E-state index is -0.296. The lowest BCUT2D eigenvalue weighted by molar-refractivity contribution is -0.122. The van der Waals surface area contributed by atoms with Gasteiger partial charge in [-0.1, -0.05) is 35.4 Å².